The minimum Gasteiger partial charge on any atom is -0.363 e. The van der Waals surface area contributed by atoms with Crippen LogP contribution < -0.4 is 15.5 Å². The summed E-state index contributed by atoms with van der Waals surface area (Å²) in [6.07, 6.45) is 5.61. The van der Waals surface area contributed by atoms with Crippen LogP contribution in [0.4, 0.5) is 16.2 Å². The molecule has 0 aliphatic heterocycles. The van der Waals surface area contributed by atoms with Crippen LogP contribution in [0.15, 0.2) is 24.4 Å². The van der Waals surface area contributed by atoms with Gasteiger partial charge in [0.05, 0.1) is 15.6 Å². The number of aromatic nitrogens is 2. The fourth-order valence-corrected chi connectivity index (χ4v) is 3.86. The summed E-state index contributed by atoms with van der Waals surface area (Å²) in [5.74, 6) is 0.804. The van der Waals surface area contributed by atoms with Crippen LogP contribution in [-0.4, -0.2) is 42.6 Å². The third-order valence-electron chi connectivity index (χ3n) is 5.08. The first-order chi connectivity index (χ1) is 13.8. The van der Waals surface area contributed by atoms with E-state index in [-0.39, 0.29) is 21.5 Å². The number of nitrogens with zero attached hydrogens (tertiary/aromatic N) is 3. The molecule has 29 heavy (non-hydrogen) atoms. The molecule has 0 atom stereocenters. The number of carbonyl (C=O) groups is 1. The molecule has 1 fully saturated rings. The van der Waals surface area contributed by atoms with Crippen molar-refractivity contribution in [2.24, 2.45) is 5.92 Å². The van der Waals surface area contributed by atoms with Crippen LogP contribution in [0.1, 0.15) is 36.0 Å². The maximum absolute atomic E-state index is 13.6. The summed E-state index contributed by atoms with van der Waals surface area (Å²) in [5, 5.41) is 6.30. The fraction of sp³-hybridized carbons (Fsp3) is 0.450. The number of rotatable bonds is 6. The van der Waals surface area contributed by atoms with Crippen molar-refractivity contribution in [3.63, 3.8) is 0 Å². The van der Waals surface area contributed by atoms with Crippen LogP contribution in [-0.2, 0) is 0 Å². The smallest absolute Gasteiger partial charge is 0.252 e. The van der Waals surface area contributed by atoms with Crippen molar-refractivity contribution in [2.75, 3.05) is 30.9 Å². The quantitative estimate of drug-likeness (QED) is 0.653. The number of halogens is 3. The van der Waals surface area contributed by atoms with Gasteiger partial charge in [-0.15, -0.1) is 0 Å². The van der Waals surface area contributed by atoms with E-state index >= 15 is 0 Å². The molecular formula is C20H24Cl2FN5O. The van der Waals surface area contributed by atoms with E-state index in [9.17, 15) is 9.18 Å². The van der Waals surface area contributed by atoms with E-state index in [1.807, 2.05) is 25.1 Å². The van der Waals surface area contributed by atoms with Crippen molar-refractivity contribution < 1.29 is 9.18 Å². The van der Waals surface area contributed by atoms with Crippen LogP contribution in [0.2, 0.25) is 10.0 Å². The molecule has 6 nitrogen and oxygen atoms in total. The molecule has 2 aromatic rings. The van der Waals surface area contributed by atoms with Crippen LogP contribution in [0.3, 0.4) is 0 Å². The molecule has 156 valence electrons. The van der Waals surface area contributed by atoms with Gasteiger partial charge in [-0.1, -0.05) is 23.2 Å². The second-order valence-electron chi connectivity index (χ2n) is 7.45. The summed E-state index contributed by atoms with van der Waals surface area (Å²) in [7, 11) is 3.88. The Morgan fingerprint density at radius 2 is 1.93 bits per heavy atom. The van der Waals surface area contributed by atoms with Crippen molar-refractivity contribution in [1.82, 2.24) is 15.3 Å². The van der Waals surface area contributed by atoms with Gasteiger partial charge in [-0.05, 0) is 49.8 Å². The van der Waals surface area contributed by atoms with Crippen molar-refractivity contribution >= 4 is 40.9 Å². The Labute approximate surface area is 179 Å². The van der Waals surface area contributed by atoms with Crippen LogP contribution in [0, 0.1) is 11.7 Å². The van der Waals surface area contributed by atoms with E-state index in [0.717, 1.165) is 37.6 Å². The van der Waals surface area contributed by atoms with Crippen LogP contribution in [0.25, 0.3) is 0 Å². The molecule has 3 rings (SSSR count). The van der Waals surface area contributed by atoms with Crippen molar-refractivity contribution in [3.05, 3.63) is 45.8 Å². The van der Waals surface area contributed by atoms with Gasteiger partial charge in [0.15, 0.2) is 0 Å². The largest absolute Gasteiger partial charge is 0.363 e. The summed E-state index contributed by atoms with van der Waals surface area (Å²) in [6.45, 7) is 0.527. The molecule has 1 aliphatic rings. The third kappa shape index (κ3) is 5.70. The molecule has 9 heteroatoms. The molecule has 1 aromatic carbocycles. The SMILES string of the molecule is CN(C)c1ccnc(N[C@H]2CC[C@@H](CNC(=O)c3cc(F)c(Cl)cc3Cl)CC2)n1. The maximum Gasteiger partial charge on any atom is 0.252 e. The van der Waals surface area contributed by atoms with Crippen molar-refractivity contribution in [2.45, 2.75) is 31.7 Å². The second-order valence-corrected chi connectivity index (χ2v) is 8.27. The van der Waals surface area contributed by atoms with E-state index in [1.54, 1.807) is 6.20 Å². The van der Waals surface area contributed by atoms with Crippen LogP contribution >= 0.6 is 23.2 Å². The number of amides is 1. The minimum atomic E-state index is -0.659. The number of benzene rings is 1. The molecule has 1 aliphatic carbocycles. The van der Waals surface area contributed by atoms with E-state index in [4.69, 9.17) is 23.2 Å². The number of hydrogen-bond acceptors (Lipinski definition) is 5. The lowest BCUT2D eigenvalue weighted by Gasteiger charge is -2.29. The van der Waals surface area contributed by atoms with Gasteiger partial charge >= 0.3 is 0 Å². The molecule has 1 amide bonds. The molecule has 0 saturated heterocycles. The highest BCUT2D eigenvalue weighted by Gasteiger charge is 2.23. The van der Waals surface area contributed by atoms with Gasteiger partial charge < -0.3 is 15.5 Å². The Hall–Kier alpha value is -2.12. The zero-order chi connectivity index (χ0) is 21.0. The Morgan fingerprint density at radius 1 is 1.21 bits per heavy atom. The average Bonchev–Trinajstić information content (AvgIpc) is 2.70. The standard InChI is InChI=1S/C20H24Cl2FN5O/c1-28(2)18-7-8-24-20(27-18)26-13-5-3-12(4-6-13)11-25-19(29)14-9-17(23)16(22)10-15(14)21/h7-10,12-13H,3-6,11H2,1-2H3,(H,25,29)(H,24,26,27)/t12-,13+. The van der Waals surface area contributed by atoms with Gasteiger partial charge in [0.2, 0.25) is 5.95 Å². The molecule has 0 spiro atoms. The second kappa shape index (κ2) is 9.59. The summed E-state index contributed by atoms with van der Waals surface area (Å²) in [4.78, 5) is 23.0. The van der Waals surface area contributed by atoms with E-state index < -0.39 is 5.82 Å². The fourth-order valence-electron chi connectivity index (χ4n) is 3.39. The van der Waals surface area contributed by atoms with Gasteiger partial charge in [0.1, 0.15) is 11.6 Å². The van der Waals surface area contributed by atoms with Gasteiger partial charge in [-0.3, -0.25) is 4.79 Å². The predicted molar refractivity (Wildman–Crippen MR) is 114 cm³/mol. The number of hydrogen-bond donors (Lipinski definition) is 2. The molecule has 0 unspecified atom stereocenters. The Bertz CT molecular complexity index is 872. The zero-order valence-electron chi connectivity index (χ0n) is 16.4. The van der Waals surface area contributed by atoms with Crippen molar-refractivity contribution in [1.29, 1.82) is 0 Å². The number of anilines is 2. The van der Waals surface area contributed by atoms with Gasteiger partial charge in [-0.25, -0.2) is 9.37 Å². The normalized spacial score (nSPS) is 18.9. The molecule has 1 saturated carbocycles. The van der Waals surface area contributed by atoms with E-state index in [0.29, 0.717) is 24.5 Å². The lowest BCUT2D eigenvalue weighted by Crippen LogP contribution is -2.34. The van der Waals surface area contributed by atoms with Crippen LogP contribution in [0.5, 0.6) is 0 Å². The number of nitrogens with one attached hydrogen (secondary N) is 2. The monoisotopic (exact) mass is 439 g/mol. The average molecular weight is 440 g/mol. The zero-order valence-corrected chi connectivity index (χ0v) is 17.9. The van der Waals surface area contributed by atoms with E-state index in [2.05, 4.69) is 20.6 Å². The summed E-state index contributed by atoms with van der Waals surface area (Å²) < 4.78 is 13.6. The molecule has 0 radical (unpaired) electrons. The lowest BCUT2D eigenvalue weighted by atomic mass is 9.86. The highest BCUT2D eigenvalue weighted by molar-refractivity contribution is 6.36. The highest BCUT2D eigenvalue weighted by atomic mass is 35.5. The highest BCUT2D eigenvalue weighted by Crippen LogP contribution is 2.27. The lowest BCUT2D eigenvalue weighted by molar-refractivity contribution is 0.0943. The summed E-state index contributed by atoms with van der Waals surface area (Å²) >= 11 is 11.7. The van der Waals surface area contributed by atoms with Gasteiger partial charge in [0, 0.05) is 32.9 Å². The number of carbonyl (C=O) groups excluding carboxylic acids is 1. The maximum atomic E-state index is 13.6. The molecule has 1 heterocycles. The Kier molecular flexibility index (Phi) is 7.14. The summed E-state index contributed by atoms with van der Waals surface area (Å²) in [6, 6.07) is 4.49. The first-order valence-electron chi connectivity index (χ1n) is 9.53. The first kappa shape index (κ1) is 21.6. The predicted octanol–water partition coefficient (Wildman–Crippen LogP) is 4.39. The third-order valence-corrected chi connectivity index (χ3v) is 5.69. The molecule has 0 bridgehead atoms. The Morgan fingerprint density at radius 3 is 2.62 bits per heavy atom. The topological polar surface area (TPSA) is 70.2 Å². The summed E-state index contributed by atoms with van der Waals surface area (Å²) in [5.41, 5.74) is 0.0989. The van der Waals surface area contributed by atoms with E-state index in [1.165, 1.54) is 6.07 Å². The minimum absolute atomic E-state index is 0.0989. The van der Waals surface area contributed by atoms with Gasteiger partial charge in [-0.2, -0.15) is 4.98 Å². The molecule has 2 N–H and O–H groups in total. The van der Waals surface area contributed by atoms with Crippen molar-refractivity contribution in [3.8, 4) is 0 Å². The first-order valence-corrected chi connectivity index (χ1v) is 10.3. The molecular weight excluding hydrogens is 416 g/mol. The van der Waals surface area contributed by atoms with Gasteiger partial charge in [0.25, 0.3) is 5.91 Å². The molecule has 1 aromatic heterocycles. The Balaban J connectivity index is 1.47.